The highest BCUT2D eigenvalue weighted by atomic mass is 32.2. The lowest BCUT2D eigenvalue weighted by molar-refractivity contribution is -0.130. The number of aromatic nitrogens is 1. The van der Waals surface area contributed by atoms with Gasteiger partial charge < -0.3 is 19.7 Å². The Labute approximate surface area is 195 Å². The van der Waals surface area contributed by atoms with Crippen molar-refractivity contribution in [2.75, 3.05) is 27.8 Å². The molecule has 0 bridgehead atoms. The topological polar surface area (TPSA) is 80.8 Å². The van der Waals surface area contributed by atoms with E-state index in [1.54, 1.807) is 54.8 Å². The van der Waals surface area contributed by atoms with Gasteiger partial charge in [0.25, 0.3) is 11.8 Å². The molecule has 0 aliphatic heterocycles. The van der Waals surface area contributed by atoms with Crippen molar-refractivity contribution in [3.63, 3.8) is 0 Å². The molecule has 0 saturated heterocycles. The maximum Gasteiger partial charge on any atom is 0.259 e. The van der Waals surface area contributed by atoms with E-state index >= 15 is 0 Å². The molecule has 168 valence electrons. The van der Waals surface area contributed by atoms with Crippen molar-refractivity contribution in [2.45, 2.75) is 17.2 Å². The van der Waals surface area contributed by atoms with Gasteiger partial charge in [0.2, 0.25) is 0 Å². The number of ether oxygens (including phenoxy) is 2. The quantitative estimate of drug-likeness (QED) is 0.453. The molecule has 3 rings (SSSR count). The maximum absolute atomic E-state index is 12.8. The van der Waals surface area contributed by atoms with E-state index in [4.69, 9.17) is 9.47 Å². The lowest BCUT2D eigenvalue weighted by Crippen LogP contribution is -2.27. The molecule has 0 aliphatic rings. The number of methoxy groups -OCH3 is 1. The molecule has 0 radical (unpaired) electrons. The first-order valence-corrected chi connectivity index (χ1v) is 11.8. The first kappa shape index (κ1) is 23.6. The third-order valence-electron chi connectivity index (χ3n) is 4.52. The molecule has 32 heavy (non-hydrogen) atoms. The van der Waals surface area contributed by atoms with Crippen LogP contribution in [0.5, 0.6) is 11.5 Å². The summed E-state index contributed by atoms with van der Waals surface area (Å²) in [7, 11) is 4.88. The minimum absolute atomic E-state index is 0.0746. The van der Waals surface area contributed by atoms with E-state index in [1.165, 1.54) is 12.0 Å². The van der Waals surface area contributed by atoms with Crippen LogP contribution < -0.4 is 14.8 Å². The summed E-state index contributed by atoms with van der Waals surface area (Å²) >= 11 is 3.15. The summed E-state index contributed by atoms with van der Waals surface area (Å²) in [6.45, 7) is 0.256. The predicted octanol–water partition coefficient (Wildman–Crippen LogP) is 3.84. The van der Waals surface area contributed by atoms with Crippen LogP contribution in [0.4, 0.5) is 0 Å². The van der Waals surface area contributed by atoms with Gasteiger partial charge in [0.15, 0.2) is 18.1 Å². The maximum atomic E-state index is 12.8. The number of amides is 2. The van der Waals surface area contributed by atoms with Crippen LogP contribution in [0.3, 0.4) is 0 Å². The van der Waals surface area contributed by atoms with Crippen LogP contribution in [-0.4, -0.2) is 49.5 Å². The zero-order valence-corrected chi connectivity index (χ0v) is 19.8. The van der Waals surface area contributed by atoms with Gasteiger partial charge in [0.1, 0.15) is 0 Å². The van der Waals surface area contributed by atoms with Crippen molar-refractivity contribution < 1.29 is 19.1 Å². The van der Waals surface area contributed by atoms with Gasteiger partial charge in [-0.25, -0.2) is 4.98 Å². The van der Waals surface area contributed by atoms with Crippen LogP contribution in [0.1, 0.15) is 21.6 Å². The van der Waals surface area contributed by atoms with Gasteiger partial charge in [-0.2, -0.15) is 0 Å². The molecule has 1 aromatic heterocycles. The van der Waals surface area contributed by atoms with Crippen LogP contribution in [0.15, 0.2) is 58.3 Å². The molecule has 0 fully saturated rings. The molecule has 3 aromatic rings. The molecule has 2 aromatic carbocycles. The molecule has 1 heterocycles. The highest BCUT2D eigenvalue weighted by Gasteiger charge is 2.13. The zero-order valence-electron chi connectivity index (χ0n) is 18.2. The summed E-state index contributed by atoms with van der Waals surface area (Å²) in [6.07, 6.45) is 0. The van der Waals surface area contributed by atoms with E-state index < -0.39 is 0 Å². The number of hydrogen-bond acceptors (Lipinski definition) is 7. The molecule has 2 amide bonds. The normalized spacial score (nSPS) is 10.5. The van der Waals surface area contributed by atoms with Crippen molar-refractivity contribution in [1.82, 2.24) is 15.2 Å². The predicted molar refractivity (Wildman–Crippen MR) is 126 cm³/mol. The van der Waals surface area contributed by atoms with E-state index in [-0.39, 0.29) is 18.4 Å². The van der Waals surface area contributed by atoms with Gasteiger partial charge in [-0.1, -0.05) is 18.2 Å². The molecule has 0 unspecified atom stereocenters. The minimum atomic E-state index is -0.151. The SMILES string of the molecule is COc1cc(CNC(=O)c2ccccc2SCc2cscn2)ccc1OCC(=O)N(C)C. The average molecular weight is 472 g/mol. The Balaban J connectivity index is 1.61. The first-order valence-electron chi connectivity index (χ1n) is 9.85. The lowest BCUT2D eigenvalue weighted by atomic mass is 10.1. The number of carbonyl (C=O) groups excluding carboxylic acids is 2. The Kier molecular flexibility index (Phi) is 8.52. The van der Waals surface area contributed by atoms with E-state index in [0.717, 1.165) is 16.2 Å². The largest absolute Gasteiger partial charge is 0.493 e. The summed E-state index contributed by atoms with van der Waals surface area (Å²) in [5, 5.41) is 4.97. The first-order chi connectivity index (χ1) is 15.5. The van der Waals surface area contributed by atoms with E-state index in [1.807, 2.05) is 35.7 Å². The number of nitrogens with one attached hydrogen (secondary N) is 1. The Morgan fingerprint density at radius 3 is 2.69 bits per heavy atom. The van der Waals surface area contributed by atoms with Gasteiger partial charge in [0, 0.05) is 36.7 Å². The van der Waals surface area contributed by atoms with Crippen LogP contribution in [0, 0.1) is 0 Å². The van der Waals surface area contributed by atoms with Crippen LogP contribution in [-0.2, 0) is 17.1 Å². The number of carbonyl (C=O) groups is 2. The van der Waals surface area contributed by atoms with Crippen molar-refractivity contribution >= 4 is 34.9 Å². The van der Waals surface area contributed by atoms with Crippen LogP contribution in [0.25, 0.3) is 0 Å². The Bertz CT molecular complexity index is 1060. The smallest absolute Gasteiger partial charge is 0.259 e. The minimum Gasteiger partial charge on any atom is -0.493 e. The molecule has 0 spiro atoms. The zero-order chi connectivity index (χ0) is 22.9. The number of rotatable bonds is 10. The second-order valence-corrected chi connectivity index (χ2v) is 8.75. The third kappa shape index (κ3) is 6.48. The monoisotopic (exact) mass is 471 g/mol. The summed E-state index contributed by atoms with van der Waals surface area (Å²) in [5.41, 5.74) is 4.28. The Morgan fingerprint density at radius 1 is 1.16 bits per heavy atom. The second kappa shape index (κ2) is 11.5. The summed E-state index contributed by atoms with van der Waals surface area (Å²) in [5.74, 6) is 1.39. The molecule has 9 heteroatoms. The van der Waals surface area contributed by atoms with E-state index in [2.05, 4.69) is 10.3 Å². The molecular weight excluding hydrogens is 446 g/mol. The van der Waals surface area contributed by atoms with Crippen molar-refractivity contribution in [1.29, 1.82) is 0 Å². The number of thioether (sulfide) groups is 1. The number of nitrogens with zero attached hydrogens (tertiary/aromatic N) is 2. The fourth-order valence-corrected chi connectivity index (χ4v) is 4.34. The Hall–Kier alpha value is -3.04. The molecular formula is C23H25N3O4S2. The van der Waals surface area contributed by atoms with Crippen molar-refractivity contribution in [3.05, 3.63) is 70.2 Å². The van der Waals surface area contributed by atoms with Gasteiger partial charge in [0.05, 0.1) is 23.9 Å². The molecule has 0 aliphatic carbocycles. The summed E-state index contributed by atoms with van der Waals surface area (Å²) in [6, 6.07) is 12.9. The van der Waals surface area contributed by atoms with Crippen LogP contribution >= 0.6 is 23.1 Å². The third-order valence-corrected chi connectivity index (χ3v) is 6.26. The summed E-state index contributed by atoms with van der Waals surface area (Å²) < 4.78 is 10.9. The van der Waals surface area contributed by atoms with E-state index in [0.29, 0.717) is 29.4 Å². The second-order valence-electron chi connectivity index (χ2n) is 7.01. The van der Waals surface area contributed by atoms with Crippen molar-refractivity contribution in [2.24, 2.45) is 0 Å². The lowest BCUT2D eigenvalue weighted by Gasteiger charge is -2.15. The fraction of sp³-hybridized carbons (Fsp3) is 0.261. The van der Waals surface area contributed by atoms with Gasteiger partial charge in [-0.05, 0) is 29.8 Å². The number of benzene rings is 2. The number of likely N-dealkylation sites (N-methyl/N-ethyl adjacent to an activating group) is 1. The standard InChI is InChI=1S/C23H25N3O4S2/c1-26(2)22(27)12-30-19-9-8-16(10-20(19)29-3)11-24-23(28)18-6-4-5-7-21(18)32-14-17-13-31-15-25-17/h4-10,13,15H,11-12,14H2,1-3H3,(H,24,28). The average Bonchev–Trinajstić information content (AvgIpc) is 3.33. The number of thiazole rings is 1. The van der Waals surface area contributed by atoms with E-state index in [9.17, 15) is 9.59 Å². The summed E-state index contributed by atoms with van der Waals surface area (Å²) in [4.78, 5) is 31.2. The van der Waals surface area contributed by atoms with Gasteiger partial charge in [-0.15, -0.1) is 23.1 Å². The van der Waals surface area contributed by atoms with Gasteiger partial charge >= 0.3 is 0 Å². The number of hydrogen-bond donors (Lipinski definition) is 1. The van der Waals surface area contributed by atoms with Crippen molar-refractivity contribution in [3.8, 4) is 11.5 Å². The molecule has 1 N–H and O–H groups in total. The molecule has 0 atom stereocenters. The molecule has 7 nitrogen and oxygen atoms in total. The van der Waals surface area contributed by atoms with Gasteiger partial charge in [-0.3, -0.25) is 9.59 Å². The van der Waals surface area contributed by atoms with Crippen LogP contribution in [0.2, 0.25) is 0 Å². The fourth-order valence-electron chi connectivity index (χ4n) is 2.73. The molecule has 0 saturated carbocycles. The highest BCUT2D eigenvalue weighted by molar-refractivity contribution is 7.98. The highest BCUT2D eigenvalue weighted by Crippen LogP contribution is 2.29. The Morgan fingerprint density at radius 2 is 1.97 bits per heavy atom.